The zero-order valence-electron chi connectivity index (χ0n) is 14.2. The third-order valence-corrected chi connectivity index (χ3v) is 3.36. The SMILES string of the molecule is CCOC(=O)C(=O)/C=C(\[O-])c1c(OC)cccc1OCC1CC1.[Na+]. The van der Waals surface area contributed by atoms with Crippen LogP contribution in [0, 0.1) is 5.92 Å². The van der Waals surface area contributed by atoms with Gasteiger partial charge in [0, 0.05) is 0 Å². The average molecular weight is 342 g/mol. The molecule has 1 aromatic carbocycles. The number of esters is 1. The van der Waals surface area contributed by atoms with E-state index in [9.17, 15) is 14.7 Å². The third-order valence-electron chi connectivity index (χ3n) is 3.36. The van der Waals surface area contributed by atoms with E-state index in [1.54, 1.807) is 25.1 Å². The van der Waals surface area contributed by atoms with Gasteiger partial charge < -0.3 is 19.3 Å². The number of rotatable bonds is 8. The predicted molar refractivity (Wildman–Crippen MR) is 80.8 cm³/mol. The van der Waals surface area contributed by atoms with Gasteiger partial charge >= 0.3 is 35.5 Å². The van der Waals surface area contributed by atoms with Gasteiger partial charge in [-0.3, -0.25) is 4.79 Å². The molecule has 1 saturated carbocycles. The molecule has 0 N–H and O–H groups in total. The zero-order valence-corrected chi connectivity index (χ0v) is 16.2. The first-order valence-corrected chi connectivity index (χ1v) is 7.46. The van der Waals surface area contributed by atoms with Crippen molar-refractivity contribution >= 4 is 17.5 Å². The second kappa shape index (κ2) is 9.71. The van der Waals surface area contributed by atoms with Gasteiger partial charge in [-0.25, -0.2) is 4.79 Å². The summed E-state index contributed by atoms with van der Waals surface area (Å²) in [5.41, 5.74) is 0.133. The van der Waals surface area contributed by atoms with E-state index in [-0.39, 0.29) is 47.5 Å². The van der Waals surface area contributed by atoms with E-state index in [0.717, 1.165) is 12.8 Å². The molecule has 6 nitrogen and oxygen atoms in total. The fraction of sp³-hybridized carbons (Fsp3) is 0.412. The largest absolute Gasteiger partial charge is 1.00 e. The average Bonchev–Trinajstić information content (AvgIpc) is 3.36. The van der Waals surface area contributed by atoms with Crippen LogP contribution < -0.4 is 44.1 Å². The Kier molecular flexibility index (Phi) is 8.31. The molecule has 0 bridgehead atoms. The van der Waals surface area contributed by atoms with Crippen molar-refractivity contribution in [3.63, 3.8) is 0 Å². The van der Waals surface area contributed by atoms with Crippen LogP contribution in [0.4, 0.5) is 0 Å². The number of carbonyl (C=O) groups is 2. The molecular weight excluding hydrogens is 323 g/mol. The number of methoxy groups -OCH3 is 1. The first-order chi connectivity index (χ1) is 11.1. The van der Waals surface area contributed by atoms with Gasteiger partial charge in [0.05, 0.1) is 25.9 Å². The van der Waals surface area contributed by atoms with E-state index >= 15 is 0 Å². The first-order valence-electron chi connectivity index (χ1n) is 7.46. The minimum absolute atomic E-state index is 0. The molecule has 2 rings (SSSR count). The Bertz CT molecular complexity index is 622. The van der Waals surface area contributed by atoms with E-state index in [4.69, 9.17) is 9.47 Å². The molecule has 0 spiro atoms. The normalized spacial score (nSPS) is 13.7. The first kappa shape index (κ1) is 20.5. The Morgan fingerprint density at radius 2 is 1.96 bits per heavy atom. The molecule has 1 aliphatic carbocycles. The van der Waals surface area contributed by atoms with Crippen molar-refractivity contribution in [1.82, 2.24) is 0 Å². The molecule has 0 unspecified atom stereocenters. The minimum atomic E-state index is -1.06. The molecule has 0 heterocycles. The van der Waals surface area contributed by atoms with Crippen LogP contribution in [-0.4, -0.2) is 32.1 Å². The Balaban J connectivity index is 0.00000288. The summed E-state index contributed by atoms with van der Waals surface area (Å²) in [5, 5.41) is 12.4. The fourth-order valence-corrected chi connectivity index (χ4v) is 1.99. The van der Waals surface area contributed by atoms with Gasteiger partial charge in [-0.15, -0.1) is 0 Å². The number of ketones is 1. The van der Waals surface area contributed by atoms with Crippen molar-refractivity contribution < 1.29 is 58.5 Å². The van der Waals surface area contributed by atoms with Crippen LogP contribution in [0.15, 0.2) is 24.3 Å². The molecule has 1 aliphatic rings. The molecular formula is C17H19NaO6. The van der Waals surface area contributed by atoms with Crippen LogP contribution in [0.5, 0.6) is 11.5 Å². The monoisotopic (exact) mass is 342 g/mol. The van der Waals surface area contributed by atoms with Crippen molar-refractivity contribution in [3.05, 3.63) is 29.8 Å². The molecule has 24 heavy (non-hydrogen) atoms. The van der Waals surface area contributed by atoms with Gasteiger partial charge in [-0.2, -0.15) is 0 Å². The molecule has 7 heteroatoms. The zero-order chi connectivity index (χ0) is 16.8. The number of carbonyl (C=O) groups excluding carboxylic acids is 2. The van der Waals surface area contributed by atoms with Crippen LogP contribution in [0.3, 0.4) is 0 Å². The Labute approximate surface area is 163 Å². The maximum atomic E-state index is 12.4. The topological polar surface area (TPSA) is 84.9 Å². The summed E-state index contributed by atoms with van der Waals surface area (Å²) in [6, 6.07) is 4.94. The predicted octanol–water partition coefficient (Wildman–Crippen LogP) is -1.68. The number of hydrogen-bond acceptors (Lipinski definition) is 6. The van der Waals surface area contributed by atoms with Crippen molar-refractivity contribution in [2.75, 3.05) is 20.3 Å². The summed E-state index contributed by atoms with van der Waals surface area (Å²) in [6.07, 6.45) is 2.93. The van der Waals surface area contributed by atoms with E-state index in [2.05, 4.69) is 4.74 Å². The van der Waals surface area contributed by atoms with Crippen LogP contribution >= 0.6 is 0 Å². The maximum absolute atomic E-state index is 12.4. The van der Waals surface area contributed by atoms with Crippen LogP contribution in [-0.2, 0) is 14.3 Å². The molecule has 0 aliphatic heterocycles. The van der Waals surface area contributed by atoms with Gasteiger partial charge in [-0.1, -0.05) is 11.8 Å². The summed E-state index contributed by atoms with van der Waals surface area (Å²) < 4.78 is 15.4. The number of benzene rings is 1. The smallest absolute Gasteiger partial charge is 0.872 e. The Morgan fingerprint density at radius 3 is 2.54 bits per heavy atom. The van der Waals surface area contributed by atoms with Crippen LogP contribution in [0.25, 0.3) is 5.76 Å². The molecule has 1 aromatic rings. The molecule has 0 atom stereocenters. The van der Waals surface area contributed by atoms with Gasteiger partial charge in [0.1, 0.15) is 11.5 Å². The van der Waals surface area contributed by atoms with Crippen molar-refractivity contribution in [1.29, 1.82) is 0 Å². The molecule has 124 valence electrons. The van der Waals surface area contributed by atoms with Crippen molar-refractivity contribution in [3.8, 4) is 11.5 Å². The standard InChI is InChI=1S/C17H20O6.Na/c1-3-22-17(20)13(19)9-12(18)16-14(21-2)5-4-6-15(16)23-10-11-7-8-11;/h4-6,9,11,18H,3,7-8,10H2,1-2H3;/q;+1/p-1/b12-9-;. The molecule has 0 amide bonds. The number of ether oxygens (including phenoxy) is 3. The Morgan fingerprint density at radius 1 is 1.29 bits per heavy atom. The maximum Gasteiger partial charge on any atom is 1.00 e. The summed E-state index contributed by atoms with van der Waals surface area (Å²) in [7, 11) is 1.42. The second-order valence-electron chi connectivity index (χ2n) is 5.18. The number of hydrogen-bond donors (Lipinski definition) is 0. The van der Waals surface area contributed by atoms with Crippen molar-refractivity contribution in [2.24, 2.45) is 5.92 Å². The summed E-state index contributed by atoms with van der Waals surface area (Å²) in [6.45, 7) is 2.16. The Hall–Kier alpha value is -1.50. The minimum Gasteiger partial charge on any atom is -0.872 e. The molecule has 1 fully saturated rings. The van der Waals surface area contributed by atoms with Crippen molar-refractivity contribution in [2.45, 2.75) is 19.8 Å². The molecule has 0 radical (unpaired) electrons. The summed E-state index contributed by atoms with van der Waals surface area (Å²) in [5.74, 6) is -1.57. The molecule has 0 saturated heterocycles. The van der Waals surface area contributed by atoms with Gasteiger partial charge in [-0.05, 0) is 43.9 Å². The van der Waals surface area contributed by atoms with Gasteiger partial charge in [0.25, 0.3) is 5.78 Å². The van der Waals surface area contributed by atoms with E-state index < -0.39 is 17.5 Å². The van der Waals surface area contributed by atoms with Gasteiger partial charge in [0.2, 0.25) is 0 Å². The third kappa shape index (κ3) is 5.54. The summed E-state index contributed by atoms with van der Waals surface area (Å²) in [4.78, 5) is 23.0. The fourth-order valence-electron chi connectivity index (χ4n) is 1.99. The van der Waals surface area contributed by atoms with E-state index in [1.807, 2.05) is 0 Å². The van der Waals surface area contributed by atoms with E-state index in [0.29, 0.717) is 24.4 Å². The van der Waals surface area contributed by atoms with Gasteiger partial charge in [0.15, 0.2) is 0 Å². The van der Waals surface area contributed by atoms with Crippen LogP contribution in [0.2, 0.25) is 0 Å². The second-order valence-corrected chi connectivity index (χ2v) is 5.18. The quantitative estimate of drug-likeness (QED) is 0.184. The van der Waals surface area contributed by atoms with E-state index in [1.165, 1.54) is 7.11 Å². The van der Waals surface area contributed by atoms with Crippen LogP contribution in [0.1, 0.15) is 25.3 Å². The molecule has 0 aromatic heterocycles. The summed E-state index contributed by atoms with van der Waals surface area (Å²) >= 11 is 0.